The van der Waals surface area contributed by atoms with Gasteiger partial charge in [0.2, 0.25) is 0 Å². The molecule has 2 N–H and O–H groups in total. The minimum Gasteiger partial charge on any atom is -0.490 e. The van der Waals surface area contributed by atoms with Gasteiger partial charge in [-0.05, 0) is 6.42 Å². The lowest BCUT2D eigenvalue weighted by molar-refractivity contribution is -0.167. The molecule has 122 valence electrons. The first-order valence-electron chi connectivity index (χ1n) is 7.27. The van der Waals surface area contributed by atoms with Crippen molar-refractivity contribution in [1.29, 1.82) is 0 Å². The van der Waals surface area contributed by atoms with Crippen molar-refractivity contribution in [2.75, 3.05) is 32.9 Å². The summed E-state index contributed by atoms with van der Waals surface area (Å²) in [5.41, 5.74) is -1.48. The highest BCUT2D eigenvalue weighted by Gasteiger charge is 2.44. The molecule has 22 heavy (non-hydrogen) atoms. The molecule has 2 aliphatic heterocycles. The molecular weight excluding hydrogens is 296 g/mol. The SMILES string of the molecule is O[C@H]1CCN(C2COC2)C[C@]1(O)COc1cc(F)cc(F)c1. The normalized spacial score (nSPS) is 30.1. The molecular formula is C15H19F2NO4. The summed E-state index contributed by atoms with van der Waals surface area (Å²) in [7, 11) is 0. The Balaban J connectivity index is 1.65. The third-order valence-corrected chi connectivity index (χ3v) is 4.25. The van der Waals surface area contributed by atoms with E-state index in [4.69, 9.17) is 9.47 Å². The topological polar surface area (TPSA) is 62.2 Å². The Hall–Kier alpha value is -1.28. The first kappa shape index (κ1) is 15.6. The second-order valence-electron chi connectivity index (χ2n) is 5.96. The largest absolute Gasteiger partial charge is 0.490 e. The van der Waals surface area contributed by atoms with Crippen LogP contribution in [0.5, 0.6) is 5.75 Å². The molecule has 1 aromatic rings. The Morgan fingerprint density at radius 2 is 1.95 bits per heavy atom. The number of nitrogens with zero attached hydrogens (tertiary/aromatic N) is 1. The van der Waals surface area contributed by atoms with Crippen molar-refractivity contribution in [1.82, 2.24) is 4.90 Å². The summed E-state index contributed by atoms with van der Waals surface area (Å²) in [4.78, 5) is 2.05. The van der Waals surface area contributed by atoms with Gasteiger partial charge in [0.1, 0.15) is 29.6 Å². The number of aliphatic hydroxyl groups excluding tert-OH is 1. The number of likely N-dealkylation sites (tertiary alicyclic amines) is 1. The summed E-state index contributed by atoms with van der Waals surface area (Å²) >= 11 is 0. The molecule has 2 fully saturated rings. The van der Waals surface area contributed by atoms with Crippen molar-refractivity contribution in [2.24, 2.45) is 0 Å². The van der Waals surface area contributed by atoms with Crippen LogP contribution in [-0.2, 0) is 4.74 Å². The third-order valence-electron chi connectivity index (χ3n) is 4.25. The molecule has 0 amide bonds. The molecule has 3 rings (SSSR count). The predicted molar refractivity (Wildman–Crippen MR) is 73.6 cm³/mol. The maximum Gasteiger partial charge on any atom is 0.137 e. The van der Waals surface area contributed by atoms with Crippen LogP contribution in [0.15, 0.2) is 18.2 Å². The van der Waals surface area contributed by atoms with Crippen molar-refractivity contribution in [3.8, 4) is 5.75 Å². The summed E-state index contributed by atoms with van der Waals surface area (Å²) in [5, 5.41) is 20.7. The van der Waals surface area contributed by atoms with Crippen LogP contribution in [0, 0.1) is 11.6 Å². The summed E-state index contributed by atoms with van der Waals surface area (Å²) in [6.45, 7) is 1.90. The van der Waals surface area contributed by atoms with E-state index in [0.717, 1.165) is 18.2 Å². The zero-order chi connectivity index (χ0) is 15.7. The van der Waals surface area contributed by atoms with E-state index in [-0.39, 0.29) is 24.9 Å². The average molecular weight is 315 g/mol. The molecule has 0 saturated carbocycles. The zero-order valence-electron chi connectivity index (χ0n) is 12.0. The Kier molecular flexibility index (Phi) is 4.31. The molecule has 0 spiro atoms. The highest BCUT2D eigenvalue weighted by Crippen LogP contribution is 2.27. The predicted octanol–water partition coefficient (Wildman–Crippen LogP) is 0.540. The van der Waals surface area contributed by atoms with Crippen molar-refractivity contribution >= 4 is 0 Å². The summed E-state index contributed by atoms with van der Waals surface area (Å²) < 4.78 is 36.7. The number of β-amino-alcohol motifs (C(OH)–C–C–N with tert-alkyl or cyclic N) is 1. The molecule has 0 bridgehead atoms. The smallest absolute Gasteiger partial charge is 0.137 e. The summed E-state index contributed by atoms with van der Waals surface area (Å²) in [6, 6.07) is 3.07. The lowest BCUT2D eigenvalue weighted by Gasteiger charge is -2.47. The van der Waals surface area contributed by atoms with E-state index in [2.05, 4.69) is 0 Å². The Bertz CT molecular complexity index is 520. The van der Waals surface area contributed by atoms with E-state index in [9.17, 15) is 19.0 Å². The molecule has 5 nitrogen and oxygen atoms in total. The van der Waals surface area contributed by atoms with Crippen LogP contribution in [0.4, 0.5) is 8.78 Å². The number of ether oxygens (including phenoxy) is 2. The van der Waals surface area contributed by atoms with Gasteiger partial charge in [-0.25, -0.2) is 8.78 Å². The van der Waals surface area contributed by atoms with E-state index in [1.54, 1.807) is 0 Å². The molecule has 1 aromatic carbocycles. The van der Waals surface area contributed by atoms with Crippen molar-refractivity contribution in [2.45, 2.75) is 24.2 Å². The van der Waals surface area contributed by atoms with Gasteiger partial charge >= 0.3 is 0 Å². The van der Waals surface area contributed by atoms with E-state index in [1.807, 2.05) is 4.90 Å². The second kappa shape index (κ2) is 6.08. The number of piperidine rings is 1. The number of rotatable bonds is 4. The molecule has 0 aromatic heterocycles. The fourth-order valence-electron chi connectivity index (χ4n) is 2.80. The lowest BCUT2D eigenvalue weighted by Crippen LogP contribution is -2.64. The van der Waals surface area contributed by atoms with Gasteiger partial charge in [0, 0.05) is 31.3 Å². The Morgan fingerprint density at radius 1 is 1.27 bits per heavy atom. The van der Waals surface area contributed by atoms with Gasteiger partial charge in [-0.3, -0.25) is 4.90 Å². The highest BCUT2D eigenvalue weighted by atomic mass is 19.1. The van der Waals surface area contributed by atoms with Crippen LogP contribution in [0.2, 0.25) is 0 Å². The molecule has 2 heterocycles. The Labute approximate surface area is 127 Å². The van der Waals surface area contributed by atoms with Gasteiger partial charge in [-0.1, -0.05) is 0 Å². The fourth-order valence-corrected chi connectivity index (χ4v) is 2.80. The molecule has 7 heteroatoms. The second-order valence-corrected chi connectivity index (χ2v) is 5.96. The summed E-state index contributed by atoms with van der Waals surface area (Å²) in [6.07, 6.45) is -0.531. The number of hydrogen-bond donors (Lipinski definition) is 2. The minimum atomic E-state index is -1.48. The zero-order valence-corrected chi connectivity index (χ0v) is 12.0. The molecule has 2 atom stereocenters. The van der Waals surface area contributed by atoms with Gasteiger partial charge in [0.05, 0.1) is 25.4 Å². The van der Waals surface area contributed by atoms with Crippen molar-refractivity contribution in [3.05, 3.63) is 29.8 Å². The van der Waals surface area contributed by atoms with Gasteiger partial charge in [0.25, 0.3) is 0 Å². The lowest BCUT2D eigenvalue weighted by atomic mass is 9.89. The number of hydrogen-bond acceptors (Lipinski definition) is 5. The maximum atomic E-state index is 13.1. The van der Waals surface area contributed by atoms with E-state index in [1.165, 1.54) is 0 Å². The fraction of sp³-hybridized carbons (Fsp3) is 0.600. The van der Waals surface area contributed by atoms with Gasteiger partial charge in [0.15, 0.2) is 0 Å². The molecule has 2 saturated heterocycles. The van der Waals surface area contributed by atoms with Crippen LogP contribution >= 0.6 is 0 Å². The minimum absolute atomic E-state index is 0.0118. The number of aliphatic hydroxyl groups is 2. The molecule has 0 radical (unpaired) electrons. The van der Waals surface area contributed by atoms with Gasteiger partial charge < -0.3 is 19.7 Å². The van der Waals surface area contributed by atoms with Crippen LogP contribution in [0.3, 0.4) is 0 Å². The quantitative estimate of drug-likeness (QED) is 0.849. The molecule has 0 unspecified atom stereocenters. The number of halogens is 2. The van der Waals surface area contributed by atoms with E-state index in [0.29, 0.717) is 26.2 Å². The standard InChI is InChI=1S/C15H19F2NO4/c16-10-3-11(17)5-13(4-10)22-9-15(20)8-18(2-1-14(15)19)12-6-21-7-12/h3-5,12,14,19-20H,1-2,6-9H2/t14-,15-/m0/s1. The van der Waals surface area contributed by atoms with Crippen LogP contribution in [0.25, 0.3) is 0 Å². The van der Waals surface area contributed by atoms with Crippen molar-refractivity contribution < 1.29 is 28.5 Å². The number of benzene rings is 1. The first-order valence-corrected chi connectivity index (χ1v) is 7.27. The van der Waals surface area contributed by atoms with Crippen LogP contribution in [-0.4, -0.2) is 65.8 Å². The monoisotopic (exact) mass is 315 g/mol. The Morgan fingerprint density at radius 3 is 2.55 bits per heavy atom. The molecule has 0 aliphatic carbocycles. The third kappa shape index (κ3) is 3.22. The van der Waals surface area contributed by atoms with E-state index < -0.39 is 23.3 Å². The van der Waals surface area contributed by atoms with E-state index >= 15 is 0 Å². The first-order chi connectivity index (χ1) is 10.5. The molecule has 2 aliphatic rings. The van der Waals surface area contributed by atoms with Crippen LogP contribution < -0.4 is 4.74 Å². The van der Waals surface area contributed by atoms with Gasteiger partial charge in [-0.2, -0.15) is 0 Å². The van der Waals surface area contributed by atoms with Gasteiger partial charge in [-0.15, -0.1) is 0 Å². The van der Waals surface area contributed by atoms with Crippen molar-refractivity contribution in [3.63, 3.8) is 0 Å². The average Bonchev–Trinajstić information content (AvgIpc) is 2.38. The highest BCUT2D eigenvalue weighted by molar-refractivity contribution is 5.24. The summed E-state index contributed by atoms with van der Waals surface area (Å²) in [5.74, 6) is -1.51. The van der Waals surface area contributed by atoms with Crippen LogP contribution in [0.1, 0.15) is 6.42 Å². The maximum absolute atomic E-state index is 13.1.